The predicted octanol–water partition coefficient (Wildman–Crippen LogP) is 2.46. The molecule has 2 N–H and O–H groups in total. The first-order chi connectivity index (χ1) is 7.29. The first-order valence-corrected chi connectivity index (χ1v) is 5.47. The molecule has 0 aliphatic carbocycles. The highest BCUT2D eigenvalue weighted by Crippen LogP contribution is 2.18. The molecule has 0 radical (unpaired) electrons. The second-order valence-electron chi connectivity index (χ2n) is 4.21. The van der Waals surface area contributed by atoms with Crippen LogP contribution in [0.15, 0.2) is 22.9 Å². The van der Waals surface area contributed by atoms with Crippen molar-refractivity contribution in [1.82, 2.24) is 4.98 Å². The highest BCUT2D eigenvalue weighted by molar-refractivity contribution is 9.10. The van der Waals surface area contributed by atoms with Crippen LogP contribution in [0, 0.1) is 0 Å². The van der Waals surface area contributed by atoms with Crippen LogP contribution >= 0.6 is 15.9 Å². The molecule has 0 fully saturated rings. The smallest absolute Gasteiger partial charge is 0.429 e. The Kier molecular flexibility index (Phi) is 3.88. The van der Waals surface area contributed by atoms with Crippen LogP contribution < -0.4 is 10.9 Å². The Morgan fingerprint density at radius 1 is 1.50 bits per heavy atom. The number of nitrogens with two attached hydrogens (primary N) is 1. The number of nitrogens with zero attached hydrogens (tertiary/aromatic N) is 2. The van der Waals surface area contributed by atoms with Gasteiger partial charge in [0.1, 0.15) is 5.60 Å². The highest BCUT2D eigenvalue weighted by Gasteiger charge is 2.21. The highest BCUT2D eigenvalue weighted by atomic mass is 79.9. The minimum Gasteiger partial charge on any atom is -0.442 e. The molecule has 5 nitrogen and oxygen atoms in total. The Balaban J connectivity index is 2.78. The molecular formula is C10H14BrN3O2. The number of hydrazine groups is 1. The number of pyridine rings is 1. The van der Waals surface area contributed by atoms with Crippen LogP contribution in [0.5, 0.6) is 0 Å². The summed E-state index contributed by atoms with van der Waals surface area (Å²) >= 11 is 3.24. The van der Waals surface area contributed by atoms with E-state index in [-0.39, 0.29) is 0 Å². The summed E-state index contributed by atoms with van der Waals surface area (Å²) in [6.45, 7) is 5.33. The summed E-state index contributed by atoms with van der Waals surface area (Å²) < 4.78 is 5.85. The van der Waals surface area contributed by atoms with E-state index in [0.717, 1.165) is 9.48 Å². The van der Waals surface area contributed by atoms with Gasteiger partial charge in [-0.2, -0.15) is 0 Å². The molecule has 6 heteroatoms. The third-order valence-corrected chi connectivity index (χ3v) is 1.99. The molecule has 0 saturated carbocycles. The second-order valence-corrected chi connectivity index (χ2v) is 5.13. The summed E-state index contributed by atoms with van der Waals surface area (Å²) in [5.41, 5.74) is -0.114. The molecule has 0 saturated heterocycles. The van der Waals surface area contributed by atoms with Gasteiger partial charge in [0.2, 0.25) is 0 Å². The monoisotopic (exact) mass is 287 g/mol. The van der Waals surface area contributed by atoms with E-state index in [1.165, 1.54) is 6.20 Å². The average Bonchev–Trinajstić information content (AvgIpc) is 2.14. The SMILES string of the molecule is CC(C)(C)OC(=O)N(N)c1cncc(Br)c1. The van der Waals surface area contributed by atoms with Crippen molar-refractivity contribution in [3.8, 4) is 0 Å². The second kappa shape index (κ2) is 4.80. The number of ether oxygens (including phenoxy) is 1. The first-order valence-electron chi connectivity index (χ1n) is 4.68. The Labute approximate surface area is 103 Å². The molecule has 0 aliphatic rings. The van der Waals surface area contributed by atoms with E-state index < -0.39 is 11.7 Å². The minimum atomic E-state index is -0.618. The summed E-state index contributed by atoms with van der Waals surface area (Å²) in [5, 5.41) is 0.920. The molecule has 1 heterocycles. The van der Waals surface area contributed by atoms with Gasteiger partial charge in [-0.1, -0.05) is 0 Å². The molecule has 0 aliphatic heterocycles. The molecule has 0 spiro atoms. The normalized spacial score (nSPS) is 11.1. The van der Waals surface area contributed by atoms with Crippen molar-refractivity contribution in [1.29, 1.82) is 0 Å². The molecule has 1 rings (SSSR count). The quantitative estimate of drug-likeness (QED) is 0.489. The van der Waals surface area contributed by atoms with E-state index in [1.807, 2.05) is 0 Å². The van der Waals surface area contributed by atoms with Gasteiger partial charge in [0.25, 0.3) is 0 Å². The van der Waals surface area contributed by atoms with Gasteiger partial charge in [-0.25, -0.2) is 15.6 Å². The standard InChI is InChI=1S/C10H14BrN3O2/c1-10(2,3)16-9(15)14(12)8-4-7(11)5-13-6-8/h4-6H,12H2,1-3H3. The number of hydrogen-bond acceptors (Lipinski definition) is 4. The number of carbonyl (C=O) groups is 1. The number of aromatic nitrogens is 1. The number of carbonyl (C=O) groups excluding carboxylic acids is 1. The molecule has 1 aromatic heterocycles. The predicted molar refractivity (Wildman–Crippen MR) is 64.8 cm³/mol. The van der Waals surface area contributed by atoms with Crippen LogP contribution in [0.4, 0.5) is 10.5 Å². The summed E-state index contributed by atoms with van der Waals surface area (Å²) in [6, 6.07) is 1.68. The summed E-state index contributed by atoms with van der Waals surface area (Å²) in [5.74, 6) is 5.61. The maximum Gasteiger partial charge on any atom is 0.429 e. The Morgan fingerprint density at radius 3 is 2.62 bits per heavy atom. The van der Waals surface area contributed by atoms with Gasteiger partial charge in [-0.3, -0.25) is 4.98 Å². The lowest BCUT2D eigenvalue weighted by Gasteiger charge is -2.24. The lowest BCUT2D eigenvalue weighted by atomic mass is 10.2. The van der Waals surface area contributed by atoms with Crippen molar-refractivity contribution in [3.05, 3.63) is 22.9 Å². The third-order valence-electron chi connectivity index (χ3n) is 1.56. The summed E-state index contributed by atoms with van der Waals surface area (Å²) in [4.78, 5) is 15.5. The number of hydrogen-bond donors (Lipinski definition) is 1. The largest absolute Gasteiger partial charge is 0.442 e. The van der Waals surface area contributed by atoms with Crippen LogP contribution in [0.2, 0.25) is 0 Å². The molecule has 0 aromatic carbocycles. The van der Waals surface area contributed by atoms with Gasteiger partial charge in [-0.05, 0) is 42.8 Å². The molecule has 1 aromatic rings. The van der Waals surface area contributed by atoms with Crippen molar-refractivity contribution in [2.24, 2.45) is 5.84 Å². The molecule has 1 amide bonds. The number of rotatable bonds is 1. The molecular weight excluding hydrogens is 274 g/mol. The topological polar surface area (TPSA) is 68.5 Å². The van der Waals surface area contributed by atoms with Gasteiger partial charge in [-0.15, -0.1) is 0 Å². The number of amides is 1. The van der Waals surface area contributed by atoms with Crippen LogP contribution in [-0.2, 0) is 4.74 Å². The number of anilines is 1. The van der Waals surface area contributed by atoms with Crippen molar-refractivity contribution >= 4 is 27.7 Å². The van der Waals surface area contributed by atoms with Crippen LogP contribution in [-0.4, -0.2) is 16.7 Å². The Hall–Kier alpha value is -1.14. The minimum absolute atomic E-state index is 0.462. The van der Waals surface area contributed by atoms with Crippen molar-refractivity contribution < 1.29 is 9.53 Å². The van der Waals surface area contributed by atoms with Gasteiger partial charge in [0.05, 0.1) is 11.9 Å². The maximum absolute atomic E-state index is 11.6. The number of halogens is 1. The van der Waals surface area contributed by atoms with Crippen LogP contribution in [0.1, 0.15) is 20.8 Å². The molecule has 88 valence electrons. The fourth-order valence-corrected chi connectivity index (χ4v) is 1.30. The fourth-order valence-electron chi connectivity index (χ4n) is 0.949. The molecule has 0 bridgehead atoms. The van der Waals surface area contributed by atoms with Gasteiger partial charge < -0.3 is 4.74 Å². The van der Waals surface area contributed by atoms with Gasteiger partial charge in [0, 0.05) is 10.7 Å². The molecule has 0 atom stereocenters. The Morgan fingerprint density at radius 2 is 2.12 bits per heavy atom. The lowest BCUT2D eigenvalue weighted by Crippen LogP contribution is -2.41. The molecule has 0 unspecified atom stereocenters. The van der Waals surface area contributed by atoms with Gasteiger partial charge >= 0.3 is 6.09 Å². The zero-order chi connectivity index (χ0) is 12.3. The zero-order valence-corrected chi connectivity index (χ0v) is 11.0. The van der Waals surface area contributed by atoms with Crippen molar-refractivity contribution in [2.75, 3.05) is 5.01 Å². The lowest BCUT2D eigenvalue weighted by molar-refractivity contribution is 0.0580. The van der Waals surface area contributed by atoms with E-state index in [2.05, 4.69) is 20.9 Å². The Bertz CT molecular complexity index is 390. The van der Waals surface area contributed by atoms with Crippen LogP contribution in [0.3, 0.4) is 0 Å². The summed E-state index contributed by atoms with van der Waals surface area (Å²) in [7, 11) is 0. The van der Waals surface area contributed by atoms with Gasteiger partial charge in [0.15, 0.2) is 0 Å². The fraction of sp³-hybridized carbons (Fsp3) is 0.400. The van der Waals surface area contributed by atoms with Crippen molar-refractivity contribution in [3.63, 3.8) is 0 Å². The van der Waals surface area contributed by atoms with E-state index in [9.17, 15) is 4.79 Å². The average molecular weight is 288 g/mol. The third kappa shape index (κ3) is 3.79. The summed E-state index contributed by atoms with van der Waals surface area (Å²) in [6.07, 6.45) is 2.47. The first kappa shape index (κ1) is 12.9. The van der Waals surface area contributed by atoms with E-state index in [1.54, 1.807) is 33.0 Å². The van der Waals surface area contributed by atoms with Crippen molar-refractivity contribution in [2.45, 2.75) is 26.4 Å². The van der Waals surface area contributed by atoms with E-state index in [4.69, 9.17) is 10.6 Å². The molecule has 16 heavy (non-hydrogen) atoms. The van der Waals surface area contributed by atoms with E-state index >= 15 is 0 Å². The maximum atomic E-state index is 11.6. The zero-order valence-electron chi connectivity index (χ0n) is 9.40. The van der Waals surface area contributed by atoms with Crippen LogP contribution in [0.25, 0.3) is 0 Å². The van der Waals surface area contributed by atoms with E-state index in [0.29, 0.717) is 5.69 Å².